The smallest absolute Gasteiger partial charge is 0.335 e. The first-order valence-corrected chi connectivity index (χ1v) is 2.67. The van der Waals surface area contributed by atoms with E-state index in [2.05, 4.69) is 0 Å². The van der Waals surface area contributed by atoms with Gasteiger partial charge in [0.15, 0.2) is 0 Å². The normalized spacial score (nSPS) is 9.45. The van der Waals surface area contributed by atoms with Crippen LogP contribution < -0.4 is 5.43 Å². The van der Waals surface area contributed by atoms with Crippen LogP contribution in [0.4, 0.5) is 5.69 Å². The molecule has 11 heavy (non-hydrogen) atoms. The summed E-state index contributed by atoms with van der Waals surface area (Å²) in [7, 11) is 0. The largest absolute Gasteiger partial charge is 0.429 e. The van der Waals surface area contributed by atoms with Crippen molar-refractivity contribution in [1.29, 1.82) is 0 Å². The first kappa shape index (κ1) is 7.26. The second kappa shape index (κ2) is 2.41. The molecular weight excluding hydrogens is 152 g/mol. The minimum Gasteiger partial charge on any atom is -0.429 e. The summed E-state index contributed by atoms with van der Waals surface area (Å²) in [6.45, 7) is 0. The molecule has 0 aliphatic rings. The summed E-state index contributed by atoms with van der Waals surface area (Å²) in [5.74, 6) is 0. The van der Waals surface area contributed by atoms with Crippen LogP contribution in [0.15, 0.2) is 23.3 Å². The number of hydrogen-bond donors (Lipinski definition) is 1. The Bertz CT molecular complexity index is 343. The Morgan fingerprint density at radius 1 is 1.64 bits per heavy atom. The van der Waals surface area contributed by atoms with E-state index in [1.54, 1.807) is 0 Å². The predicted octanol–water partition coefficient (Wildman–Crippen LogP) is -0.00620. The summed E-state index contributed by atoms with van der Waals surface area (Å²) in [5, 5.41) is 18.7. The highest BCUT2D eigenvalue weighted by atomic mass is 16.6. The number of aromatic nitrogens is 1. The molecule has 0 atom stereocenters. The third-order valence-corrected chi connectivity index (χ3v) is 1.08. The number of nitro groups is 1. The summed E-state index contributed by atoms with van der Waals surface area (Å²) >= 11 is 0. The molecule has 0 aromatic carbocycles. The van der Waals surface area contributed by atoms with Crippen molar-refractivity contribution in [3.8, 4) is 0 Å². The molecule has 1 N–H and O–H groups in total. The molecule has 1 heterocycles. The van der Waals surface area contributed by atoms with Gasteiger partial charge in [0.2, 0.25) is 0 Å². The first-order valence-electron chi connectivity index (χ1n) is 2.67. The molecule has 0 bridgehead atoms. The van der Waals surface area contributed by atoms with Gasteiger partial charge in [-0.2, -0.15) is 4.73 Å². The van der Waals surface area contributed by atoms with Crippen molar-refractivity contribution in [1.82, 2.24) is 4.73 Å². The van der Waals surface area contributed by atoms with Gasteiger partial charge in [-0.1, -0.05) is 0 Å². The highest BCUT2D eigenvalue weighted by molar-refractivity contribution is 5.24. The minimum absolute atomic E-state index is 0.458. The van der Waals surface area contributed by atoms with Crippen molar-refractivity contribution in [3.63, 3.8) is 0 Å². The molecule has 6 nitrogen and oxygen atoms in total. The second-order valence-electron chi connectivity index (χ2n) is 1.83. The fourth-order valence-corrected chi connectivity index (χ4v) is 0.598. The van der Waals surface area contributed by atoms with Gasteiger partial charge < -0.3 is 5.21 Å². The quantitative estimate of drug-likeness (QED) is 0.352. The van der Waals surface area contributed by atoms with Gasteiger partial charge in [0.1, 0.15) is 6.20 Å². The fraction of sp³-hybridized carbons (Fsp3) is 0. The summed E-state index contributed by atoms with van der Waals surface area (Å²) < 4.78 is 0.458. The average Bonchev–Trinajstić information content (AvgIpc) is 1.94. The lowest BCUT2D eigenvalue weighted by atomic mass is 10.4. The molecule has 0 unspecified atom stereocenters. The van der Waals surface area contributed by atoms with Gasteiger partial charge in [0.05, 0.1) is 4.92 Å². The van der Waals surface area contributed by atoms with E-state index in [0.29, 0.717) is 4.73 Å². The SMILES string of the molecule is O=c1ccn(O)cc1[N+](=O)[O-]. The van der Waals surface area contributed by atoms with Crippen molar-refractivity contribution in [2.45, 2.75) is 0 Å². The Morgan fingerprint density at radius 2 is 2.27 bits per heavy atom. The summed E-state index contributed by atoms with van der Waals surface area (Å²) in [4.78, 5) is 19.8. The van der Waals surface area contributed by atoms with Gasteiger partial charge in [-0.05, 0) is 0 Å². The van der Waals surface area contributed by atoms with Gasteiger partial charge in [0.25, 0.3) is 5.43 Å². The van der Waals surface area contributed by atoms with Crippen LogP contribution in [0.5, 0.6) is 0 Å². The van der Waals surface area contributed by atoms with Crippen LogP contribution in [0.3, 0.4) is 0 Å². The lowest BCUT2D eigenvalue weighted by Crippen LogP contribution is -2.09. The lowest BCUT2D eigenvalue weighted by molar-refractivity contribution is -0.386. The molecular formula is C5H4N2O4. The summed E-state index contributed by atoms with van der Waals surface area (Å²) in [5.41, 5.74) is -1.37. The highest BCUT2D eigenvalue weighted by Crippen LogP contribution is 1.99. The Labute approximate surface area is 60.4 Å². The van der Waals surface area contributed by atoms with E-state index in [1.165, 1.54) is 0 Å². The monoisotopic (exact) mass is 156 g/mol. The second-order valence-corrected chi connectivity index (χ2v) is 1.83. The molecule has 0 amide bonds. The molecule has 0 aliphatic carbocycles. The maximum absolute atomic E-state index is 10.6. The first-order chi connectivity index (χ1) is 5.11. The average molecular weight is 156 g/mol. The van der Waals surface area contributed by atoms with E-state index in [-0.39, 0.29) is 0 Å². The van der Waals surface area contributed by atoms with Crippen LogP contribution in [0.1, 0.15) is 0 Å². The molecule has 1 rings (SSSR count). The third-order valence-electron chi connectivity index (χ3n) is 1.08. The van der Waals surface area contributed by atoms with E-state index in [9.17, 15) is 14.9 Å². The molecule has 58 valence electrons. The van der Waals surface area contributed by atoms with Gasteiger partial charge >= 0.3 is 5.69 Å². The van der Waals surface area contributed by atoms with E-state index in [4.69, 9.17) is 5.21 Å². The molecule has 0 saturated carbocycles. The molecule has 6 heteroatoms. The predicted molar refractivity (Wildman–Crippen MR) is 34.5 cm³/mol. The zero-order valence-electron chi connectivity index (χ0n) is 5.30. The number of pyridine rings is 1. The molecule has 1 aromatic rings. The standard InChI is InChI=1S/C5H4N2O4/c8-5-1-2-6(9)3-4(5)7(10)11/h1-3,9H. The Kier molecular flexibility index (Phi) is 1.59. The maximum atomic E-state index is 10.6. The molecule has 0 fully saturated rings. The van der Waals surface area contributed by atoms with E-state index in [0.717, 1.165) is 18.5 Å². The topological polar surface area (TPSA) is 85.4 Å². The van der Waals surface area contributed by atoms with Crippen LogP contribution in [0.2, 0.25) is 0 Å². The van der Waals surface area contributed by atoms with Gasteiger partial charge in [-0.15, -0.1) is 0 Å². The Hall–Kier alpha value is -1.85. The van der Waals surface area contributed by atoms with Crippen molar-refractivity contribution in [2.24, 2.45) is 0 Å². The van der Waals surface area contributed by atoms with Gasteiger partial charge in [-0.25, -0.2) is 0 Å². The van der Waals surface area contributed by atoms with Crippen LogP contribution in [-0.4, -0.2) is 14.9 Å². The molecule has 0 spiro atoms. The molecule has 1 aromatic heterocycles. The van der Waals surface area contributed by atoms with Crippen molar-refractivity contribution in [3.05, 3.63) is 38.8 Å². The van der Waals surface area contributed by atoms with Crippen molar-refractivity contribution in [2.75, 3.05) is 0 Å². The van der Waals surface area contributed by atoms with Crippen molar-refractivity contribution >= 4 is 5.69 Å². The van der Waals surface area contributed by atoms with Crippen LogP contribution in [0.25, 0.3) is 0 Å². The minimum atomic E-state index is -0.852. The Morgan fingerprint density at radius 3 is 2.73 bits per heavy atom. The summed E-state index contributed by atoms with van der Waals surface area (Å²) in [6, 6.07) is 0.915. The zero-order chi connectivity index (χ0) is 8.43. The van der Waals surface area contributed by atoms with E-state index >= 15 is 0 Å². The van der Waals surface area contributed by atoms with Crippen molar-refractivity contribution < 1.29 is 10.1 Å². The number of hydrogen-bond acceptors (Lipinski definition) is 4. The summed E-state index contributed by atoms with van der Waals surface area (Å²) in [6.07, 6.45) is 1.76. The van der Waals surface area contributed by atoms with Gasteiger partial charge in [0, 0.05) is 12.3 Å². The Balaban J connectivity index is 3.35. The molecule has 0 saturated heterocycles. The van der Waals surface area contributed by atoms with Gasteiger partial charge in [-0.3, -0.25) is 14.9 Å². The fourth-order valence-electron chi connectivity index (χ4n) is 0.598. The van der Waals surface area contributed by atoms with Crippen LogP contribution >= 0.6 is 0 Å². The molecule has 0 aliphatic heterocycles. The molecule has 0 radical (unpaired) electrons. The number of nitrogens with zero attached hydrogens (tertiary/aromatic N) is 2. The number of rotatable bonds is 1. The third kappa shape index (κ3) is 1.34. The van der Waals surface area contributed by atoms with Crippen LogP contribution in [0, 0.1) is 10.1 Å². The van der Waals surface area contributed by atoms with Crippen LogP contribution in [-0.2, 0) is 0 Å². The highest BCUT2D eigenvalue weighted by Gasteiger charge is 2.10. The van der Waals surface area contributed by atoms with E-state index in [1.807, 2.05) is 0 Å². The lowest BCUT2D eigenvalue weighted by Gasteiger charge is -1.93. The maximum Gasteiger partial charge on any atom is 0.335 e. The van der Waals surface area contributed by atoms with E-state index < -0.39 is 16.0 Å². The zero-order valence-corrected chi connectivity index (χ0v) is 5.30.